The summed E-state index contributed by atoms with van der Waals surface area (Å²) in [6.07, 6.45) is 1.38. The maximum absolute atomic E-state index is 13.1. The van der Waals surface area contributed by atoms with Gasteiger partial charge in [-0.2, -0.15) is 4.31 Å². The third kappa shape index (κ3) is 5.42. The van der Waals surface area contributed by atoms with E-state index in [0.29, 0.717) is 70.3 Å². The van der Waals surface area contributed by atoms with Gasteiger partial charge in [-0.25, -0.2) is 8.42 Å². The molecule has 0 aliphatic carbocycles. The third-order valence-electron chi connectivity index (χ3n) is 6.31. The highest BCUT2D eigenvalue weighted by Crippen LogP contribution is 2.33. The summed E-state index contributed by atoms with van der Waals surface area (Å²) < 4.78 is 43.6. The van der Waals surface area contributed by atoms with Crippen molar-refractivity contribution in [2.24, 2.45) is 5.92 Å². The molecule has 4 rings (SSSR count). The van der Waals surface area contributed by atoms with Gasteiger partial charge in [0.25, 0.3) is 0 Å². The van der Waals surface area contributed by atoms with Crippen molar-refractivity contribution in [3.63, 3.8) is 0 Å². The Balaban J connectivity index is 1.27. The summed E-state index contributed by atoms with van der Waals surface area (Å²) in [5, 5.41) is 0. The molecule has 0 radical (unpaired) electrons. The third-order valence-corrected chi connectivity index (χ3v) is 8.20. The van der Waals surface area contributed by atoms with Gasteiger partial charge in [0.1, 0.15) is 13.2 Å². The predicted molar refractivity (Wildman–Crippen MR) is 119 cm³/mol. The number of hydrogen-bond acceptors (Lipinski definition) is 8. The van der Waals surface area contributed by atoms with Crippen LogP contribution in [0.2, 0.25) is 0 Å². The number of amides is 1. The molecule has 0 N–H and O–H groups in total. The summed E-state index contributed by atoms with van der Waals surface area (Å²) in [6, 6.07) is 4.65. The molecule has 2 fully saturated rings. The smallest absolute Gasteiger partial charge is 0.309 e. The number of ether oxygens (including phenoxy) is 3. The summed E-state index contributed by atoms with van der Waals surface area (Å²) in [6.45, 7) is 5.83. The Bertz CT molecular complexity index is 968. The van der Waals surface area contributed by atoms with Crippen LogP contribution in [-0.4, -0.2) is 100 Å². The number of carbonyl (C=O) groups excluding carboxylic acids is 2. The Kier molecular flexibility index (Phi) is 7.40. The highest BCUT2D eigenvalue weighted by Gasteiger charge is 2.32. The van der Waals surface area contributed by atoms with Crippen molar-refractivity contribution >= 4 is 21.9 Å². The minimum atomic E-state index is -3.69. The van der Waals surface area contributed by atoms with E-state index in [2.05, 4.69) is 4.90 Å². The minimum absolute atomic E-state index is 0.0130. The lowest BCUT2D eigenvalue weighted by atomic mass is 9.97. The van der Waals surface area contributed by atoms with Crippen molar-refractivity contribution in [1.82, 2.24) is 14.1 Å². The Labute approximate surface area is 194 Å². The number of piperazine rings is 1. The second-order valence-electron chi connectivity index (χ2n) is 8.39. The van der Waals surface area contributed by atoms with Crippen LogP contribution in [-0.2, 0) is 24.3 Å². The molecule has 0 spiro atoms. The Morgan fingerprint density at radius 3 is 2.33 bits per heavy atom. The van der Waals surface area contributed by atoms with Crippen LogP contribution in [0.15, 0.2) is 23.1 Å². The normalized spacial score (nSPS) is 20.5. The van der Waals surface area contributed by atoms with Crippen LogP contribution < -0.4 is 9.47 Å². The predicted octanol–water partition coefficient (Wildman–Crippen LogP) is 0.566. The topological polar surface area (TPSA) is 106 Å². The first-order chi connectivity index (χ1) is 15.9. The van der Waals surface area contributed by atoms with Gasteiger partial charge in [0.05, 0.1) is 24.0 Å². The molecule has 0 unspecified atom stereocenters. The molecule has 0 bridgehead atoms. The number of esters is 1. The molecule has 3 aliphatic rings. The van der Waals surface area contributed by atoms with E-state index in [1.54, 1.807) is 17.9 Å². The lowest BCUT2D eigenvalue weighted by molar-refractivity contribution is -0.149. The molecule has 2 saturated heterocycles. The SMILES string of the molecule is CCOC(=O)C1CCN(CC(=O)N2CCN(S(=O)(=O)c3ccc4c(c3)OCCO4)CC2)CC1. The van der Waals surface area contributed by atoms with E-state index in [0.717, 1.165) is 0 Å². The monoisotopic (exact) mass is 481 g/mol. The molecule has 1 aromatic carbocycles. The van der Waals surface area contributed by atoms with Gasteiger partial charge in [-0.3, -0.25) is 14.5 Å². The first kappa shape index (κ1) is 23.8. The maximum atomic E-state index is 13.1. The molecule has 3 heterocycles. The number of carbonyl (C=O) groups is 2. The lowest BCUT2D eigenvalue weighted by Gasteiger charge is -2.36. The molecular weight excluding hydrogens is 450 g/mol. The van der Waals surface area contributed by atoms with Crippen LogP contribution in [0.25, 0.3) is 0 Å². The van der Waals surface area contributed by atoms with E-state index >= 15 is 0 Å². The number of benzene rings is 1. The fourth-order valence-corrected chi connectivity index (χ4v) is 5.83. The van der Waals surface area contributed by atoms with Gasteiger partial charge in [-0.05, 0) is 45.0 Å². The van der Waals surface area contributed by atoms with Crippen molar-refractivity contribution in [2.45, 2.75) is 24.7 Å². The minimum Gasteiger partial charge on any atom is -0.486 e. The first-order valence-electron chi connectivity index (χ1n) is 11.4. The Morgan fingerprint density at radius 1 is 1.00 bits per heavy atom. The van der Waals surface area contributed by atoms with Crippen LogP contribution in [0.3, 0.4) is 0 Å². The Hall–Kier alpha value is -2.37. The van der Waals surface area contributed by atoms with Gasteiger partial charge < -0.3 is 19.1 Å². The zero-order valence-corrected chi connectivity index (χ0v) is 19.7. The summed E-state index contributed by atoms with van der Waals surface area (Å²) in [5.41, 5.74) is 0. The summed E-state index contributed by atoms with van der Waals surface area (Å²) in [4.78, 5) is 28.6. The number of nitrogens with zero attached hydrogens (tertiary/aromatic N) is 3. The van der Waals surface area contributed by atoms with Crippen LogP contribution >= 0.6 is 0 Å². The summed E-state index contributed by atoms with van der Waals surface area (Å²) >= 11 is 0. The van der Waals surface area contributed by atoms with E-state index in [9.17, 15) is 18.0 Å². The second kappa shape index (κ2) is 10.3. The second-order valence-corrected chi connectivity index (χ2v) is 10.3. The average Bonchev–Trinajstić information content (AvgIpc) is 2.84. The van der Waals surface area contributed by atoms with Crippen LogP contribution in [0.5, 0.6) is 11.5 Å². The van der Waals surface area contributed by atoms with Gasteiger partial charge in [0.15, 0.2) is 11.5 Å². The van der Waals surface area contributed by atoms with Gasteiger partial charge in [-0.15, -0.1) is 0 Å². The lowest BCUT2D eigenvalue weighted by Crippen LogP contribution is -2.53. The molecule has 182 valence electrons. The van der Waals surface area contributed by atoms with Crippen LogP contribution in [0.1, 0.15) is 19.8 Å². The van der Waals surface area contributed by atoms with E-state index in [1.807, 2.05) is 0 Å². The number of rotatable bonds is 6. The molecule has 1 amide bonds. The van der Waals surface area contributed by atoms with Crippen molar-refractivity contribution in [2.75, 3.05) is 65.6 Å². The number of piperidine rings is 1. The highest BCUT2D eigenvalue weighted by atomic mass is 32.2. The fraction of sp³-hybridized carbons (Fsp3) is 0.636. The van der Waals surface area contributed by atoms with Crippen molar-refractivity contribution in [3.8, 4) is 11.5 Å². The van der Waals surface area contributed by atoms with Gasteiger partial charge in [0.2, 0.25) is 15.9 Å². The number of fused-ring (bicyclic) bond motifs is 1. The van der Waals surface area contributed by atoms with Gasteiger partial charge >= 0.3 is 5.97 Å². The molecule has 0 atom stereocenters. The molecule has 10 nitrogen and oxygen atoms in total. The molecule has 3 aliphatic heterocycles. The van der Waals surface area contributed by atoms with E-state index in [-0.39, 0.29) is 42.3 Å². The van der Waals surface area contributed by atoms with Gasteiger partial charge in [0, 0.05) is 32.2 Å². The maximum Gasteiger partial charge on any atom is 0.309 e. The quantitative estimate of drug-likeness (QED) is 0.543. The van der Waals surface area contributed by atoms with Crippen molar-refractivity contribution in [1.29, 1.82) is 0 Å². The fourth-order valence-electron chi connectivity index (χ4n) is 4.39. The van der Waals surface area contributed by atoms with Crippen LogP contribution in [0.4, 0.5) is 0 Å². The van der Waals surface area contributed by atoms with E-state index < -0.39 is 10.0 Å². The summed E-state index contributed by atoms with van der Waals surface area (Å²) in [5.74, 6) is 0.718. The number of sulfonamides is 1. The van der Waals surface area contributed by atoms with E-state index in [4.69, 9.17) is 14.2 Å². The molecule has 1 aromatic rings. The molecule has 11 heteroatoms. The molecule has 33 heavy (non-hydrogen) atoms. The number of hydrogen-bond donors (Lipinski definition) is 0. The largest absolute Gasteiger partial charge is 0.486 e. The zero-order valence-electron chi connectivity index (χ0n) is 18.9. The number of likely N-dealkylation sites (tertiary alicyclic amines) is 1. The van der Waals surface area contributed by atoms with Gasteiger partial charge in [-0.1, -0.05) is 0 Å². The van der Waals surface area contributed by atoms with Crippen LogP contribution in [0, 0.1) is 5.92 Å². The molecule has 0 aromatic heterocycles. The Morgan fingerprint density at radius 2 is 1.67 bits per heavy atom. The standard InChI is InChI=1S/C22H31N3O7S/c1-2-30-22(27)17-5-7-23(8-6-17)16-21(26)24-9-11-25(12-10-24)33(28,29)18-3-4-19-20(15-18)32-14-13-31-19/h3-4,15,17H,2,5-14,16H2,1H3. The highest BCUT2D eigenvalue weighted by molar-refractivity contribution is 7.89. The first-order valence-corrected chi connectivity index (χ1v) is 12.9. The summed E-state index contributed by atoms with van der Waals surface area (Å²) in [7, 11) is -3.69. The van der Waals surface area contributed by atoms with Crippen molar-refractivity contribution in [3.05, 3.63) is 18.2 Å². The average molecular weight is 482 g/mol. The van der Waals surface area contributed by atoms with Crippen molar-refractivity contribution < 1.29 is 32.2 Å². The zero-order chi connectivity index (χ0) is 23.4. The molecule has 0 saturated carbocycles. The molecular formula is C22H31N3O7S. The van der Waals surface area contributed by atoms with E-state index in [1.165, 1.54) is 16.4 Å².